The minimum atomic E-state index is -0.630. The Morgan fingerprint density at radius 3 is 2.78 bits per heavy atom. The number of thiazole rings is 1. The highest BCUT2D eigenvalue weighted by atomic mass is 32.1. The van der Waals surface area contributed by atoms with Crippen molar-refractivity contribution < 1.29 is 5.11 Å². The average Bonchev–Trinajstić information content (AvgIpc) is 2.98. The Kier molecular flexibility index (Phi) is 6.96. The van der Waals surface area contributed by atoms with Gasteiger partial charge in [-0.25, -0.2) is 4.98 Å². The van der Waals surface area contributed by atoms with Crippen LogP contribution in [0.25, 0.3) is 0 Å². The lowest BCUT2D eigenvalue weighted by molar-refractivity contribution is 0.187. The molecule has 0 bridgehead atoms. The van der Waals surface area contributed by atoms with E-state index in [1.165, 1.54) is 4.88 Å². The fourth-order valence-corrected chi connectivity index (χ4v) is 2.80. The molecule has 2 rings (SSSR count). The number of aliphatic imine (C=N–C) groups is 1. The van der Waals surface area contributed by atoms with E-state index in [2.05, 4.69) is 32.5 Å². The lowest BCUT2D eigenvalue weighted by Crippen LogP contribution is -2.38. The van der Waals surface area contributed by atoms with Gasteiger partial charge in [-0.15, -0.1) is 11.3 Å². The molecule has 0 radical (unpaired) electrons. The number of hydrogen-bond donors (Lipinski definition) is 3. The smallest absolute Gasteiger partial charge is 0.191 e. The highest BCUT2D eigenvalue weighted by molar-refractivity contribution is 7.11. The standard InChI is InChI=1S/C16H23N5OS/c1-3-18-16(19-9-6-15-20-10-12(2)23-15)21-11-14(22)13-4-7-17-8-5-13/h4-5,7-8,10,14,22H,3,6,9,11H2,1-2H3,(H2,18,19,21). The monoisotopic (exact) mass is 333 g/mol. The maximum atomic E-state index is 10.1. The van der Waals surface area contributed by atoms with Crippen molar-refractivity contribution in [1.29, 1.82) is 0 Å². The van der Waals surface area contributed by atoms with Gasteiger partial charge in [-0.2, -0.15) is 0 Å². The van der Waals surface area contributed by atoms with Crippen LogP contribution in [0.3, 0.4) is 0 Å². The van der Waals surface area contributed by atoms with Gasteiger partial charge in [0.15, 0.2) is 5.96 Å². The number of rotatable bonds is 7. The molecule has 2 aromatic rings. The van der Waals surface area contributed by atoms with E-state index in [4.69, 9.17) is 0 Å². The SMILES string of the molecule is CCNC(=NCC(O)c1ccncc1)NCCc1ncc(C)s1. The van der Waals surface area contributed by atoms with Gasteiger partial charge in [0.1, 0.15) is 0 Å². The summed E-state index contributed by atoms with van der Waals surface area (Å²) in [5, 5.41) is 17.7. The topological polar surface area (TPSA) is 82.4 Å². The van der Waals surface area contributed by atoms with Crippen LogP contribution >= 0.6 is 11.3 Å². The highest BCUT2D eigenvalue weighted by Gasteiger charge is 2.07. The molecule has 6 nitrogen and oxygen atoms in total. The Morgan fingerprint density at radius 2 is 2.13 bits per heavy atom. The molecule has 0 aliphatic carbocycles. The Bertz CT molecular complexity index is 614. The molecule has 23 heavy (non-hydrogen) atoms. The Labute approximate surface area is 140 Å². The van der Waals surface area contributed by atoms with E-state index in [0.29, 0.717) is 12.5 Å². The first-order valence-electron chi connectivity index (χ1n) is 7.70. The first kappa shape index (κ1) is 17.4. The van der Waals surface area contributed by atoms with E-state index < -0.39 is 6.10 Å². The van der Waals surface area contributed by atoms with Crippen molar-refractivity contribution in [1.82, 2.24) is 20.6 Å². The average molecular weight is 333 g/mol. The lowest BCUT2D eigenvalue weighted by atomic mass is 10.1. The zero-order chi connectivity index (χ0) is 16.5. The molecule has 7 heteroatoms. The van der Waals surface area contributed by atoms with E-state index in [0.717, 1.165) is 30.1 Å². The molecule has 2 heterocycles. The summed E-state index contributed by atoms with van der Waals surface area (Å²) in [5.74, 6) is 0.703. The molecule has 0 fully saturated rings. The minimum absolute atomic E-state index is 0.301. The van der Waals surface area contributed by atoms with Gasteiger partial charge in [-0.3, -0.25) is 9.98 Å². The van der Waals surface area contributed by atoms with Crippen LogP contribution < -0.4 is 10.6 Å². The van der Waals surface area contributed by atoms with Gasteiger partial charge in [0.05, 0.1) is 17.7 Å². The number of aliphatic hydroxyl groups is 1. The Balaban J connectivity index is 1.84. The van der Waals surface area contributed by atoms with Gasteiger partial charge in [0, 0.05) is 43.0 Å². The number of aromatic nitrogens is 2. The van der Waals surface area contributed by atoms with Crippen molar-refractivity contribution in [3.8, 4) is 0 Å². The van der Waals surface area contributed by atoms with Crippen molar-refractivity contribution in [3.63, 3.8) is 0 Å². The molecule has 1 unspecified atom stereocenters. The molecule has 0 saturated carbocycles. The van der Waals surface area contributed by atoms with Crippen LogP contribution in [0, 0.1) is 6.92 Å². The fourth-order valence-electron chi connectivity index (χ4n) is 2.02. The minimum Gasteiger partial charge on any atom is -0.386 e. The highest BCUT2D eigenvalue weighted by Crippen LogP contribution is 2.12. The molecule has 0 spiro atoms. The van der Waals surface area contributed by atoms with Crippen LogP contribution in [0.5, 0.6) is 0 Å². The molecule has 2 aromatic heterocycles. The quantitative estimate of drug-likeness (QED) is 0.530. The van der Waals surface area contributed by atoms with Gasteiger partial charge in [0.25, 0.3) is 0 Å². The van der Waals surface area contributed by atoms with Crippen molar-refractivity contribution in [2.75, 3.05) is 19.6 Å². The first-order chi connectivity index (χ1) is 11.2. The number of pyridine rings is 1. The molecule has 124 valence electrons. The molecule has 0 amide bonds. The fraction of sp³-hybridized carbons (Fsp3) is 0.438. The van der Waals surface area contributed by atoms with Crippen LogP contribution in [0.1, 0.15) is 28.5 Å². The zero-order valence-corrected chi connectivity index (χ0v) is 14.3. The summed E-state index contributed by atoms with van der Waals surface area (Å²) in [7, 11) is 0. The van der Waals surface area contributed by atoms with Crippen molar-refractivity contribution >= 4 is 17.3 Å². The van der Waals surface area contributed by atoms with E-state index in [9.17, 15) is 5.11 Å². The summed E-state index contributed by atoms with van der Waals surface area (Å²) in [6.07, 6.45) is 5.46. The number of aliphatic hydroxyl groups excluding tert-OH is 1. The van der Waals surface area contributed by atoms with Crippen LogP contribution in [0.15, 0.2) is 35.7 Å². The predicted octanol–water partition coefficient (Wildman–Crippen LogP) is 1.68. The third kappa shape index (κ3) is 5.96. The predicted molar refractivity (Wildman–Crippen MR) is 93.7 cm³/mol. The molecule has 0 aliphatic heterocycles. The van der Waals surface area contributed by atoms with Gasteiger partial charge >= 0.3 is 0 Å². The van der Waals surface area contributed by atoms with Crippen molar-refractivity contribution in [3.05, 3.63) is 46.2 Å². The maximum Gasteiger partial charge on any atom is 0.191 e. The maximum absolute atomic E-state index is 10.1. The van der Waals surface area contributed by atoms with Gasteiger partial charge in [-0.1, -0.05) is 0 Å². The molecule has 3 N–H and O–H groups in total. The summed E-state index contributed by atoms with van der Waals surface area (Å²) in [6, 6.07) is 3.59. The second-order valence-corrected chi connectivity index (χ2v) is 6.38. The zero-order valence-electron chi connectivity index (χ0n) is 13.5. The van der Waals surface area contributed by atoms with Crippen LogP contribution in [-0.4, -0.2) is 40.7 Å². The Hall–Kier alpha value is -1.99. The van der Waals surface area contributed by atoms with Gasteiger partial charge < -0.3 is 15.7 Å². The number of nitrogens with one attached hydrogen (secondary N) is 2. The number of nitrogens with zero attached hydrogens (tertiary/aromatic N) is 3. The number of guanidine groups is 1. The van der Waals surface area contributed by atoms with Crippen molar-refractivity contribution in [2.24, 2.45) is 4.99 Å². The lowest BCUT2D eigenvalue weighted by Gasteiger charge is -2.13. The second kappa shape index (κ2) is 9.22. The summed E-state index contributed by atoms with van der Waals surface area (Å²) in [4.78, 5) is 13.9. The van der Waals surface area contributed by atoms with E-state index in [-0.39, 0.29) is 0 Å². The third-order valence-corrected chi connectivity index (χ3v) is 4.13. The summed E-state index contributed by atoms with van der Waals surface area (Å²) in [5.41, 5.74) is 0.817. The van der Waals surface area contributed by atoms with E-state index in [1.54, 1.807) is 35.9 Å². The van der Waals surface area contributed by atoms with Crippen LogP contribution in [0.2, 0.25) is 0 Å². The number of aryl methyl sites for hydroxylation is 1. The van der Waals surface area contributed by atoms with Gasteiger partial charge in [-0.05, 0) is 31.5 Å². The van der Waals surface area contributed by atoms with Crippen LogP contribution in [-0.2, 0) is 6.42 Å². The molecule has 0 aromatic carbocycles. The molecule has 1 atom stereocenters. The first-order valence-corrected chi connectivity index (χ1v) is 8.52. The summed E-state index contributed by atoms with van der Waals surface area (Å²) < 4.78 is 0. The second-order valence-electron chi connectivity index (χ2n) is 5.06. The number of hydrogen-bond acceptors (Lipinski definition) is 5. The molecular formula is C16H23N5OS. The molecule has 0 saturated heterocycles. The molecular weight excluding hydrogens is 310 g/mol. The van der Waals surface area contributed by atoms with E-state index in [1.807, 2.05) is 13.1 Å². The largest absolute Gasteiger partial charge is 0.386 e. The third-order valence-electron chi connectivity index (χ3n) is 3.16. The molecule has 0 aliphatic rings. The normalized spacial score (nSPS) is 12.9. The summed E-state index contributed by atoms with van der Waals surface area (Å²) in [6.45, 7) is 5.90. The van der Waals surface area contributed by atoms with E-state index >= 15 is 0 Å². The van der Waals surface area contributed by atoms with Gasteiger partial charge in [0.2, 0.25) is 0 Å². The van der Waals surface area contributed by atoms with Crippen LogP contribution in [0.4, 0.5) is 0 Å². The Morgan fingerprint density at radius 1 is 1.35 bits per heavy atom. The summed E-state index contributed by atoms with van der Waals surface area (Å²) >= 11 is 1.71. The van der Waals surface area contributed by atoms with Crippen molar-refractivity contribution in [2.45, 2.75) is 26.4 Å².